The number of methoxy groups -OCH3 is 3. The van der Waals surface area contributed by atoms with E-state index in [1.807, 2.05) is 12.1 Å². The highest BCUT2D eigenvalue weighted by atomic mass is 79.9. The maximum atomic E-state index is 10.2. The zero-order chi connectivity index (χ0) is 27.1. The van der Waals surface area contributed by atoms with E-state index < -0.39 is 5.09 Å². The molecule has 4 rings (SSSR count). The molecule has 0 saturated carbocycles. The first-order valence-corrected chi connectivity index (χ1v) is 13.7. The van der Waals surface area contributed by atoms with Crippen LogP contribution in [0.15, 0.2) is 34.9 Å². The zero-order valence-corrected chi connectivity index (χ0v) is 23.7. The summed E-state index contributed by atoms with van der Waals surface area (Å²) >= 11 is 3.90. The molecule has 3 aromatic rings. The molecule has 2 heterocycles. The molecule has 2 aromatic carbocycles. The highest BCUT2D eigenvalue weighted by molar-refractivity contribution is 9.10. The van der Waals surface area contributed by atoms with Gasteiger partial charge in [0.05, 0.1) is 50.0 Å². The van der Waals surface area contributed by atoms with E-state index in [-0.39, 0.29) is 6.61 Å². The highest BCUT2D eigenvalue weighted by Gasteiger charge is 2.30. The second kappa shape index (κ2) is 13.0. The SMILES string of the molecule is COc1cc2c(cc1OC)-c1c(Br)c3ccc(OC)c(OCCCCCCCCO[N+](=O)[O-])c3c[n+]1CC2. The van der Waals surface area contributed by atoms with Gasteiger partial charge in [0, 0.05) is 11.8 Å². The second-order valence-corrected chi connectivity index (χ2v) is 9.98. The van der Waals surface area contributed by atoms with E-state index >= 15 is 0 Å². The number of nitrogens with zero attached hydrogens (tertiary/aromatic N) is 2. The molecular formula is C28H34BrN2O7+. The first-order chi connectivity index (χ1) is 18.5. The summed E-state index contributed by atoms with van der Waals surface area (Å²) in [6, 6.07) is 8.12. The van der Waals surface area contributed by atoms with Crippen LogP contribution in [0.1, 0.15) is 44.1 Å². The van der Waals surface area contributed by atoms with Gasteiger partial charge >= 0.3 is 0 Å². The summed E-state index contributed by atoms with van der Waals surface area (Å²) in [5.41, 5.74) is 3.43. The Labute approximate surface area is 230 Å². The van der Waals surface area contributed by atoms with E-state index in [1.54, 1.807) is 21.3 Å². The first kappa shape index (κ1) is 27.8. The first-order valence-electron chi connectivity index (χ1n) is 12.9. The van der Waals surface area contributed by atoms with Crippen LogP contribution >= 0.6 is 15.9 Å². The fraction of sp³-hybridized carbons (Fsp3) is 0.464. The molecule has 0 atom stereocenters. The number of ether oxygens (including phenoxy) is 4. The minimum absolute atomic E-state index is 0.168. The van der Waals surface area contributed by atoms with E-state index in [2.05, 4.69) is 43.7 Å². The summed E-state index contributed by atoms with van der Waals surface area (Å²) in [5, 5.41) is 11.5. The fourth-order valence-electron chi connectivity index (χ4n) is 4.95. The Balaban J connectivity index is 1.50. The average Bonchev–Trinajstić information content (AvgIpc) is 2.92. The van der Waals surface area contributed by atoms with E-state index in [0.717, 1.165) is 83.1 Å². The third kappa shape index (κ3) is 6.06. The van der Waals surface area contributed by atoms with Crippen molar-refractivity contribution >= 4 is 26.7 Å². The lowest BCUT2D eigenvalue weighted by molar-refractivity contribution is -0.757. The van der Waals surface area contributed by atoms with Gasteiger partial charge in [-0.3, -0.25) is 0 Å². The molecule has 0 unspecified atom stereocenters. The van der Waals surface area contributed by atoms with Gasteiger partial charge in [0.1, 0.15) is 0 Å². The molecule has 0 N–H and O–H groups in total. The molecular weight excluding hydrogens is 556 g/mol. The standard InChI is InChI=1S/C28H34BrN2O7/c1-34-23-11-10-20-22(28(23)37-14-8-6-4-5-7-9-15-38-31(32)33)18-30-13-12-19-16-24(35-2)25(36-3)17-21(19)27(30)26(20)29/h10-11,16-18H,4-9,12-15H2,1-3H3/q+1. The average molecular weight is 590 g/mol. The Bertz CT molecular complexity index is 1300. The van der Waals surface area contributed by atoms with Gasteiger partial charge in [-0.1, -0.05) is 25.7 Å². The van der Waals surface area contributed by atoms with Gasteiger partial charge in [-0.2, -0.15) is 4.57 Å². The number of hydrogen-bond donors (Lipinski definition) is 0. The number of aromatic nitrogens is 1. The van der Waals surface area contributed by atoms with Crippen molar-refractivity contribution < 1.29 is 33.4 Å². The van der Waals surface area contributed by atoms with Crippen LogP contribution < -0.4 is 23.5 Å². The quantitative estimate of drug-likeness (QED) is 0.0975. The highest BCUT2D eigenvalue weighted by Crippen LogP contribution is 2.44. The molecule has 0 bridgehead atoms. The lowest BCUT2D eigenvalue weighted by atomic mass is 9.95. The minimum atomic E-state index is -0.737. The van der Waals surface area contributed by atoms with Crippen LogP contribution in [0, 0.1) is 10.1 Å². The van der Waals surface area contributed by atoms with Crippen LogP contribution in [0.5, 0.6) is 23.0 Å². The largest absolute Gasteiger partial charge is 0.493 e. The normalized spacial score (nSPS) is 12.0. The van der Waals surface area contributed by atoms with Crippen molar-refractivity contribution in [1.29, 1.82) is 0 Å². The molecule has 1 aromatic heterocycles. The van der Waals surface area contributed by atoms with Crippen molar-refractivity contribution in [1.82, 2.24) is 0 Å². The number of aryl methyl sites for hydroxylation is 2. The van der Waals surface area contributed by atoms with Crippen LogP contribution in [-0.4, -0.2) is 39.6 Å². The summed E-state index contributed by atoms with van der Waals surface area (Å²) < 4.78 is 26.3. The van der Waals surface area contributed by atoms with Crippen LogP contribution in [0.25, 0.3) is 22.0 Å². The second-order valence-electron chi connectivity index (χ2n) is 9.18. The van der Waals surface area contributed by atoms with Gasteiger partial charge in [0.2, 0.25) is 5.69 Å². The van der Waals surface area contributed by atoms with E-state index in [9.17, 15) is 10.1 Å². The lowest BCUT2D eigenvalue weighted by Gasteiger charge is -2.20. The summed E-state index contributed by atoms with van der Waals surface area (Å²) in [6.45, 7) is 1.58. The topological polar surface area (TPSA) is 93.2 Å². The molecule has 1 aliphatic rings. The van der Waals surface area contributed by atoms with Gasteiger partial charge in [0.25, 0.3) is 5.09 Å². The molecule has 0 saturated heterocycles. The van der Waals surface area contributed by atoms with E-state index in [1.165, 1.54) is 5.56 Å². The predicted octanol–water partition coefficient (Wildman–Crippen LogP) is 6.07. The molecule has 0 amide bonds. The molecule has 0 aliphatic carbocycles. The van der Waals surface area contributed by atoms with Crippen molar-refractivity contribution in [3.8, 4) is 34.3 Å². The van der Waals surface area contributed by atoms with Gasteiger partial charge in [0.15, 0.2) is 35.7 Å². The maximum absolute atomic E-state index is 10.2. The Morgan fingerprint density at radius 3 is 2.24 bits per heavy atom. The third-order valence-electron chi connectivity index (χ3n) is 6.86. The molecule has 0 spiro atoms. The van der Waals surface area contributed by atoms with Crippen molar-refractivity contribution in [2.45, 2.75) is 51.5 Å². The molecule has 1 aliphatic heterocycles. The van der Waals surface area contributed by atoms with Gasteiger partial charge in [-0.15, -0.1) is 10.1 Å². The number of hydrogen-bond acceptors (Lipinski definition) is 7. The Morgan fingerprint density at radius 2 is 1.55 bits per heavy atom. The van der Waals surface area contributed by atoms with Gasteiger partial charge < -0.3 is 23.8 Å². The Kier molecular flexibility index (Phi) is 9.49. The van der Waals surface area contributed by atoms with Crippen molar-refractivity contribution in [3.05, 3.63) is 50.6 Å². The maximum Gasteiger partial charge on any atom is 0.294 e. The Morgan fingerprint density at radius 1 is 0.895 bits per heavy atom. The molecule has 0 fully saturated rings. The molecule has 204 valence electrons. The number of rotatable bonds is 14. The van der Waals surface area contributed by atoms with Crippen LogP contribution in [0.4, 0.5) is 0 Å². The monoisotopic (exact) mass is 589 g/mol. The number of pyridine rings is 1. The van der Waals surface area contributed by atoms with Crippen LogP contribution in [0.2, 0.25) is 0 Å². The Hall–Kier alpha value is -3.27. The summed E-state index contributed by atoms with van der Waals surface area (Å²) in [7, 11) is 4.97. The van der Waals surface area contributed by atoms with Crippen LogP contribution in [-0.2, 0) is 17.8 Å². The number of halogens is 1. The number of fused-ring (bicyclic) bond motifs is 4. The summed E-state index contributed by atoms with van der Waals surface area (Å²) in [4.78, 5) is 14.5. The molecule has 38 heavy (non-hydrogen) atoms. The molecule has 0 radical (unpaired) electrons. The summed E-state index contributed by atoms with van der Waals surface area (Å²) in [5.74, 6) is 2.89. The van der Waals surface area contributed by atoms with E-state index in [4.69, 9.17) is 18.9 Å². The molecule has 10 heteroatoms. The van der Waals surface area contributed by atoms with Crippen molar-refractivity contribution in [3.63, 3.8) is 0 Å². The fourth-order valence-corrected chi connectivity index (χ4v) is 5.73. The summed E-state index contributed by atoms with van der Waals surface area (Å²) in [6.07, 6.45) is 8.67. The number of unbranched alkanes of at least 4 members (excludes halogenated alkanes) is 5. The smallest absolute Gasteiger partial charge is 0.294 e. The van der Waals surface area contributed by atoms with E-state index in [0.29, 0.717) is 24.5 Å². The predicted molar refractivity (Wildman–Crippen MR) is 147 cm³/mol. The lowest BCUT2D eigenvalue weighted by Crippen LogP contribution is -2.40. The van der Waals surface area contributed by atoms with Crippen molar-refractivity contribution in [2.75, 3.05) is 34.5 Å². The van der Waals surface area contributed by atoms with Gasteiger partial charge in [-0.25, -0.2) is 0 Å². The third-order valence-corrected chi connectivity index (χ3v) is 7.67. The molecule has 9 nitrogen and oxygen atoms in total. The minimum Gasteiger partial charge on any atom is -0.493 e. The van der Waals surface area contributed by atoms with Gasteiger partial charge in [-0.05, 0) is 58.6 Å². The van der Waals surface area contributed by atoms with Crippen LogP contribution in [0.3, 0.4) is 0 Å². The number of benzene rings is 2. The van der Waals surface area contributed by atoms with Crippen molar-refractivity contribution in [2.24, 2.45) is 0 Å². The zero-order valence-electron chi connectivity index (χ0n) is 22.1.